The van der Waals surface area contributed by atoms with Crippen LogP contribution in [0.25, 0.3) is 0 Å². The van der Waals surface area contributed by atoms with Crippen LogP contribution in [0, 0.1) is 0 Å². The zero-order valence-electron chi connectivity index (χ0n) is 19.5. The number of piperazine rings is 1. The van der Waals surface area contributed by atoms with Crippen molar-refractivity contribution in [3.8, 4) is 0 Å². The first-order valence-corrected chi connectivity index (χ1v) is 12.0. The second-order valence-corrected chi connectivity index (χ2v) is 8.77. The Morgan fingerprint density at radius 2 is 1.29 bits per heavy atom. The van der Waals surface area contributed by atoms with Gasteiger partial charge in [0.25, 0.3) is 11.7 Å². The average molecular weight is 469 g/mol. The third-order valence-electron chi connectivity index (χ3n) is 6.60. The lowest BCUT2D eigenvalue weighted by Gasteiger charge is -2.37. The van der Waals surface area contributed by atoms with Crippen molar-refractivity contribution < 1.29 is 14.4 Å². The normalized spacial score (nSPS) is 15.9. The molecule has 0 atom stereocenters. The van der Waals surface area contributed by atoms with E-state index in [2.05, 4.69) is 4.90 Å². The van der Waals surface area contributed by atoms with Crippen molar-refractivity contribution in [2.24, 2.45) is 0 Å². The Morgan fingerprint density at radius 3 is 1.91 bits per heavy atom. The van der Waals surface area contributed by atoms with Crippen LogP contribution in [-0.4, -0.2) is 66.8 Å². The smallest absolute Gasteiger partial charge is 0.321 e. The summed E-state index contributed by atoms with van der Waals surface area (Å²) in [5, 5.41) is 0. The summed E-state index contributed by atoms with van der Waals surface area (Å²) in [6.45, 7) is 4.14. The van der Waals surface area contributed by atoms with Gasteiger partial charge in [-0.2, -0.15) is 0 Å². The van der Waals surface area contributed by atoms with Crippen LogP contribution in [0.4, 0.5) is 21.9 Å². The number of ketones is 1. The number of urea groups is 1. The fraction of sp³-hybridized carbons (Fsp3) is 0.250. The number of amides is 3. The molecule has 7 nitrogen and oxygen atoms in total. The number of para-hydroxylation sites is 3. The first-order valence-electron chi connectivity index (χ1n) is 12.0. The number of rotatable bonds is 6. The van der Waals surface area contributed by atoms with E-state index in [-0.39, 0.29) is 6.03 Å². The van der Waals surface area contributed by atoms with Gasteiger partial charge in [0, 0.05) is 32.7 Å². The zero-order valence-corrected chi connectivity index (χ0v) is 19.5. The van der Waals surface area contributed by atoms with E-state index in [1.54, 1.807) is 21.9 Å². The molecule has 0 N–H and O–H groups in total. The summed E-state index contributed by atoms with van der Waals surface area (Å²) >= 11 is 0. The molecule has 1 fully saturated rings. The first kappa shape index (κ1) is 22.8. The van der Waals surface area contributed by atoms with Crippen LogP contribution in [0.15, 0.2) is 84.9 Å². The maximum absolute atomic E-state index is 13.5. The lowest BCUT2D eigenvalue weighted by Crippen LogP contribution is -2.52. The molecule has 35 heavy (non-hydrogen) atoms. The third kappa shape index (κ3) is 4.68. The van der Waals surface area contributed by atoms with Crippen LogP contribution >= 0.6 is 0 Å². The minimum Gasteiger partial charge on any atom is -0.321 e. The molecule has 2 heterocycles. The number of Topliss-reactive ketones (excluding diaryl/α,β-unsaturated/α-hetero) is 1. The number of nitrogens with zero attached hydrogens (tertiary/aromatic N) is 4. The van der Waals surface area contributed by atoms with Gasteiger partial charge in [-0.15, -0.1) is 0 Å². The minimum absolute atomic E-state index is 0.0279. The highest BCUT2D eigenvalue weighted by Crippen LogP contribution is 2.29. The van der Waals surface area contributed by atoms with Crippen LogP contribution in [0.3, 0.4) is 0 Å². The average Bonchev–Trinajstić information content (AvgIpc) is 3.15. The largest absolute Gasteiger partial charge is 0.329 e. The number of fused-ring (bicyclic) bond motifs is 1. The van der Waals surface area contributed by atoms with Crippen LogP contribution in [-0.2, 0) is 4.79 Å². The molecule has 0 radical (unpaired) electrons. The highest BCUT2D eigenvalue weighted by molar-refractivity contribution is 6.52. The van der Waals surface area contributed by atoms with Gasteiger partial charge in [0.15, 0.2) is 0 Å². The SMILES string of the molecule is O=C1C(=O)N(CCCN2CCN(C(=O)N(c3ccccc3)c3ccccc3)CC2)c2ccccc21. The number of hydrogen-bond donors (Lipinski definition) is 0. The van der Waals surface area contributed by atoms with Crippen molar-refractivity contribution in [2.75, 3.05) is 49.1 Å². The molecule has 3 aromatic carbocycles. The molecular weight excluding hydrogens is 440 g/mol. The van der Waals surface area contributed by atoms with Crippen molar-refractivity contribution in [3.05, 3.63) is 90.5 Å². The fourth-order valence-electron chi connectivity index (χ4n) is 4.75. The predicted molar refractivity (Wildman–Crippen MR) is 136 cm³/mol. The predicted octanol–water partition coefficient (Wildman–Crippen LogP) is 4.18. The molecule has 0 aliphatic carbocycles. The van der Waals surface area contributed by atoms with E-state index in [0.29, 0.717) is 30.9 Å². The first-order chi connectivity index (χ1) is 17.1. The molecule has 3 aromatic rings. The van der Waals surface area contributed by atoms with Gasteiger partial charge in [-0.1, -0.05) is 48.5 Å². The Kier molecular flexibility index (Phi) is 6.59. The Hall–Kier alpha value is -3.97. The maximum Gasteiger partial charge on any atom is 0.329 e. The molecule has 0 spiro atoms. The van der Waals surface area contributed by atoms with Crippen molar-refractivity contribution in [1.29, 1.82) is 0 Å². The standard InChI is InChI=1S/C28H28N4O3/c33-26-24-14-7-8-15-25(24)31(27(26)34)17-9-16-29-18-20-30(21-19-29)28(35)32(22-10-3-1-4-11-22)23-12-5-2-6-13-23/h1-8,10-15H,9,16-21H2. The summed E-state index contributed by atoms with van der Waals surface area (Å²) < 4.78 is 0. The fourth-order valence-corrected chi connectivity index (χ4v) is 4.75. The highest BCUT2D eigenvalue weighted by Gasteiger charge is 2.35. The van der Waals surface area contributed by atoms with Gasteiger partial charge in [-0.05, 0) is 49.4 Å². The van der Waals surface area contributed by atoms with Gasteiger partial charge in [0.2, 0.25) is 0 Å². The molecule has 0 bridgehead atoms. The van der Waals surface area contributed by atoms with Crippen LogP contribution in [0.5, 0.6) is 0 Å². The van der Waals surface area contributed by atoms with Crippen LogP contribution in [0.1, 0.15) is 16.8 Å². The van der Waals surface area contributed by atoms with Gasteiger partial charge >= 0.3 is 6.03 Å². The summed E-state index contributed by atoms with van der Waals surface area (Å²) in [6.07, 6.45) is 0.765. The number of carbonyl (C=O) groups excluding carboxylic acids is 3. The number of hydrogen-bond acceptors (Lipinski definition) is 4. The van der Waals surface area contributed by atoms with Gasteiger partial charge in [-0.25, -0.2) is 4.79 Å². The van der Waals surface area contributed by atoms with E-state index < -0.39 is 11.7 Å². The Labute approximate surface area is 205 Å². The Balaban J connectivity index is 1.17. The van der Waals surface area contributed by atoms with Crippen molar-refractivity contribution in [2.45, 2.75) is 6.42 Å². The number of carbonyl (C=O) groups is 3. The topological polar surface area (TPSA) is 64.2 Å². The van der Waals surface area contributed by atoms with Gasteiger partial charge < -0.3 is 9.80 Å². The Bertz CT molecular complexity index is 1170. The summed E-state index contributed by atoms with van der Waals surface area (Å²) in [4.78, 5) is 45.7. The van der Waals surface area contributed by atoms with Gasteiger partial charge in [0.05, 0.1) is 22.6 Å². The van der Waals surface area contributed by atoms with E-state index in [1.807, 2.05) is 77.7 Å². The van der Waals surface area contributed by atoms with Crippen LogP contribution < -0.4 is 9.80 Å². The van der Waals surface area contributed by atoms with Crippen LogP contribution in [0.2, 0.25) is 0 Å². The molecule has 0 unspecified atom stereocenters. The molecule has 178 valence electrons. The molecule has 3 amide bonds. The molecule has 0 saturated carbocycles. The second kappa shape index (κ2) is 10.1. The monoisotopic (exact) mass is 468 g/mol. The summed E-state index contributed by atoms with van der Waals surface area (Å²) in [6, 6.07) is 26.6. The molecule has 0 aromatic heterocycles. The van der Waals surface area contributed by atoms with E-state index in [0.717, 1.165) is 37.4 Å². The van der Waals surface area contributed by atoms with Crippen molar-refractivity contribution >= 4 is 34.8 Å². The minimum atomic E-state index is -0.441. The van der Waals surface area contributed by atoms with Gasteiger partial charge in [0.1, 0.15) is 0 Å². The lowest BCUT2D eigenvalue weighted by atomic mass is 10.1. The molecule has 1 saturated heterocycles. The third-order valence-corrected chi connectivity index (χ3v) is 6.60. The van der Waals surface area contributed by atoms with Crippen molar-refractivity contribution in [3.63, 3.8) is 0 Å². The highest BCUT2D eigenvalue weighted by atomic mass is 16.2. The molecule has 5 rings (SSSR count). The lowest BCUT2D eigenvalue weighted by molar-refractivity contribution is -0.114. The molecular formula is C28H28N4O3. The van der Waals surface area contributed by atoms with E-state index in [4.69, 9.17) is 0 Å². The summed E-state index contributed by atoms with van der Waals surface area (Å²) in [5.74, 6) is -0.863. The zero-order chi connectivity index (χ0) is 24.2. The van der Waals surface area contributed by atoms with E-state index in [1.165, 1.54) is 0 Å². The quantitative estimate of drug-likeness (QED) is 0.509. The van der Waals surface area contributed by atoms with Gasteiger partial charge in [-0.3, -0.25) is 19.4 Å². The van der Waals surface area contributed by atoms with E-state index >= 15 is 0 Å². The second-order valence-electron chi connectivity index (χ2n) is 8.77. The van der Waals surface area contributed by atoms with Crippen molar-refractivity contribution in [1.82, 2.24) is 9.80 Å². The van der Waals surface area contributed by atoms with E-state index in [9.17, 15) is 14.4 Å². The Morgan fingerprint density at radius 1 is 0.714 bits per heavy atom. The number of benzene rings is 3. The maximum atomic E-state index is 13.5. The number of anilines is 3. The summed E-state index contributed by atoms with van der Waals surface area (Å²) in [7, 11) is 0. The summed E-state index contributed by atoms with van der Waals surface area (Å²) in [5.41, 5.74) is 2.89. The molecule has 2 aliphatic rings. The molecule has 2 aliphatic heterocycles. The molecule has 7 heteroatoms.